The van der Waals surface area contributed by atoms with Crippen LogP contribution in [0, 0.1) is 25.6 Å². The summed E-state index contributed by atoms with van der Waals surface area (Å²) in [6, 6.07) is 7.80. The van der Waals surface area contributed by atoms with E-state index in [9.17, 15) is 9.18 Å². The molecule has 0 spiro atoms. The molecule has 1 aromatic heterocycles. The molecule has 5 nitrogen and oxygen atoms in total. The first-order valence-corrected chi connectivity index (χ1v) is 8.68. The Labute approximate surface area is 147 Å². The Bertz CT molecular complexity index is 719. The Hall–Kier alpha value is -2.37. The molecule has 1 fully saturated rings. The van der Waals surface area contributed by atoms with Gasteiger partial charge in [-0.3, -0.25) is 9.48 Å². The van der Waals surface area contributed by atoms with Crippen LogP contribution in [0.4, 0.5) is 4.39 Å². The van der Waals surface area contributed by atoms with Gasteiger partial charge in [0.25, 0.3) is 5.91 Å². The first kappa shape index (κ1) is 17.5. The molecular weight excluding hydrogens is 321 g/mol. The van der Waals surface area contributed by atoms with Crippen LogP contribution in [-0.4, -0.2) is 40.3 Å². The van der Waals surface area contributed by atoms with Gasteiger partial charge in [0.05, 0.1) is 5.69 Å². The number of benzene rings is 1. The molecule has 2 heterocycles. The minimum absolute atomic E-state index is 0.00619. The lowest BCUT2D eigenvalue weighted by atomic mass is 9.97. The van der Waals surface area contributed by atoms with Gasteiger partial charge in [0.2, 0.25) is 0 Å². The SMILES string of the molecule is Cc1cc(C)n(CC2CCN(C(=O)COc3ccc(F)cc3)CC2)n1. The quantitative estimate of drug-likeness (QED) is 0.837. The number of carbonyl (C=O) groups excluding carboxylic acids is 1. The molecule has 0 N–H and O–H groups in total. The van der Waals surface area contributed by atoms with Crippen molar-refractivity contribution in [3.8, 4) is 5.75 Å². The number of piperidine rings is 1. The lowest BCUT2D eigenvalue weighted by Crippen LogP contribution is -2.41. The summed E-state index contributed by atoms with van der Waals surface area (Å²) >= 11 is 0. The number of hydrogen-bond donors (Lipinski definition) is 0. The minimum Gasteiger partial charge on any atom is -0.484 e. The van der Waals surface area contributed by atoms with Crippen molar-refractivity contribution in [2.75, 3.05) is 19.7 Å². The highest BCUT2D eigenvalue weighted by atomic mass is 19.1. The summed E-state index contributed by atoms with van der Waals surface area (Å²) < 4.78 is 20.4. The molecule has 3 rings (SSSR count). The van der Waals surface area contributed by atoms with E-state index in [0.717, 1.165) is 38.2 Å². The highest BCUT2D eigenvalue weighted by Crippen LogP contribution is 2.20. The smallest absolute Gasteiger partial charge is 0.260 e. The maximum Gasteiger partial charge on any atom is 0.260 e. The molecule has 0 saturated carbocycles. The van der Waals surface area contributed by atoms with Crippen LogP contribution in [0.1, 0.15) is 24.2 Å². The number of aromatic nitrogens is 2. The Morgan fingerprint density at radius 2 is 1.92 bits per heavy atom. The van der Waals surface area contributed by atoms with Crippen LogP contribution in [0.3, 0.4) is 0 Å². The van der Waals surface area contributed by atoms with Gasteiger partial charge >= 0.3 is 0 Å². The number of likely N-dealkylation sites (tertiary alicyclic amines) is 1. The zero-order valence-corrected chi connectivity index (χ0v) is 14.7. The number of halogens is 1. The van der Waals surface area contributed by atoms with Crippen LogP contribution in [0.25, 0.3) is 0 Å². The van der Waals surface area contributed by atoms with Crippen molar-refractivity contribution in [3.05, 3.63) is 47.5 Å². The van der Waals surface area contributed by atoms with E-state index >= 15 is 0 Å². The van der Waals surface area contributed by atoms with E-state index < -0.39 is 0 Å². The van der Waals surface area contributed by atoms with E-state index in [-0.39, 0.29) is 18.3 Å². The van der Waals surface area contributed by atoms with Crippen molar-refractivity contribution in [2.45, 2.75) is 33.2 Å². The van der Waals surface area contributed by atoms with Gasteiger partial charge in [-0.05, 0) is 62.9 Å². The van der Waals surface area contributed by atoms with E-state index in [4.69, 9.17) is 4.74 Å². The molecule has 2 aromatic rings. The average Bonchev–Trinajstić information content (AvgIpc) is 2.92. The number of ether oxygens (including phenoxy) is 1. The molecule has 25 heavy (non-hydrogen) atoms. The van der Waals surface area contributed by atoms with E-state index in [1.54, 1.807) is 0 Å². The predicted molar refractivity (Wildman–Crippen MR) is 92.9 cm³/mol. The summed E-state index contributed by atoms with van der Waals surface area (Å²) in [4.78, 5) is 14.1. The molecule has 0 unspecified atom stereocenters. The Balaban J connectivity index is 1.44. The number of nitrogens with zero attached hydrogens (tertiary/aromatic N) is 3. The van der Waals surface area contributed by atoms with Crippen molar-refractivity contribution in [2.24, 2.45) is 5.92 Å². The monoisotopic (exact) mass is 345 g/mol. The number of hydrogen-bond acceptors (Lipinski definition) is 3. The first-order chi connectivity index (χ1) is 12.0. The van der Waals surface area contributed by atoms with E-state index in [2.05, 4.69) is 22.8 Å². The molecule has 1 saturated heterocycles. The van der Waals surface area contributed by atoms with Gasteiger partial charge in [-0.1, -0.05) is 0 Å². The van der Waals surface area contributed by atoms with E-state index in [1.165, 1.54) is 30.0 Å². The van der Waals surface area contributed by atoms with Gasteiger partial charge in [0.1, 0.15) is 11.6 Å². The van der Waals surface area contributed by atoms with Gasteiger partial charge in [0, 0.05) is 25.3 Å². The number of carbonyl (C=O) groups is 1. The van der Waals surface area contributed by atoms with Crippen molar-refractivity contribution in [3.63, 3.8) is 0 Å². The van der Waals surface area contributed by atoms with Crippen molar-refractivity contribution < 1.29 is 13.9 Å². The summed E-state index contributed by atoms with van der Waals surface area (Å²) in [6.45, 7) is 6.48. The Kier molecular flexibility index (Phi) is 5.36. The first-order valence-electron chi connectivity index (χ1n) is 8.68. The molecule has 0 aliphatic carbocycles. The zero-order chi connectivity index (χ0) is 17.8. The molecule has 0 atom stereocenters. The fraction of sp³-hybridized carbons (Fsp3) is 0.474. The normalized spacial score (nSPS) is 15.4. The van der Waals surface area contributed by atoms with Crippen molar-refractivity contribution in [1.29, 1.82) is 0 Å². The Morgan fingerprint density at radius 1 is 1.24 bits per heavy atom. The summed E-state index contributed by atoms with van der Waals surface area (Å²) in [7, 11) is 0. The standard InChI is InChI=1S/C19H24FN3O2/c1-14-11-15(2)23(21-14)12-16-7-9-22(10-8-16)19(24)13-25-18-5-3-17(20)4-6-18/h3-6,11,16H,7-10,12-13H2,1-2H3. The number of rotatable bonds is 5. The van der Waals surface area contributed by atoms with E-state index in [0.29, 0.717) is 11.7 Å². The van der Waals surface area contributed by atoms with Crippen molar-refractivity contribution >= 4 is 5.91 Å². The lowest BCUT2D eigenvalue weighted by molar-refractivity contribution is -0.134. The molecule has 1 aliphatic heterocycles. The van der Waals surface area contributed by atoms with E-state index in [1.807, 2.05) is 11.8 Å². The molecule has 0 bridgehead atoms. The van der Waals surface area contributed by atoms with Crippen LogP contribution in [-0.2, 0) is 11.3 Å². The highest BCUT2D eigenvalue weighted by Gasteiger charge is 2.23. The van der Waals surface area contributed by atoms with Crippen LogP contribution in [0.2, 0.25) is 0 Å². The molecule has 134 valence electrons. The molecule has 0 radical (unpaired) electrons. The molecule has 1 aromatic carbocycles. The third-order valence-electron chi connectivity index (χ3n) is 4.68. The second kappa shape index (κ2) is 7.68. The maximum atomic E-state index is 12.9. The van der Waals surface area contributed by atoms with Crippen LogP contribution >= 0.6 is 0 Å². The van der Waals surface area contributed by atoms with Gasteiger partial charge in [-0.25, -0.2) is 4.39 Å². The maximum absolute atomic E-state index is 12.9. The van der Waals surface area contributed by atoms with Crippen LogP contribution in [0.15, 0.2) is 30.3 Å². The second-order valence-electron chi connectivity index (χ2n) is 6.68. The second-order valence-corrected chi connectivity index (χ2v) is 6.68. The fourth-order valence-electron chi connectivity index (χ4n) is 3.24. The fourth-order valence-corrected chi connectivity index (χ4v) is 3.24. The number of aryl methyl sites for hydroxylation is 2. The predicted octanol–water partition coefficient (Wildman–Crippen LogP) is 2.96. The van der Waals surface area contributed by atoms with Gasteiger partial charge in [-0.15, -0.1) is 0 Å². The topological polar surface area (TPSA) is 47.4 Å². The average molecular weight is 345 g/mol. The summed E-state index contributed by atoms with van der Waals surface area (Å²) in [6.07, 6.45) is 1.95. The van der Waals surface area contributed by atoms with Gasteiger partial charge in [0.15, 0.2) is 6.61 Å². The molecule has 6 heteroatoms. The summed E-state index contributed by atoms with van der Waals surface area (Å²) in [5.74, 6) is 0.714. The third kappa shape index (κ3) is 4.59. The summed E-state index contributed by atoms with van der Waals surface area (Å²) in [5.41, 5.74) is 2.23. The minimum atomic E-state index is -0.316. The zero-order valence-electron chi connectivity index (χ0n) is 14.7. The molecule has 1 aliphatic rings. The Morgan fingerprint density at radius 3 is 2.52 bits per heavy atom. The van der Waals surface area contributed by atoms with Gasteiger partial charge < -0.3 is 9.64 Å². The molecular formula is C19H24FN3O2. The highest BCUT2D eigenvalue weighted by molar-refractivity contribution is 5.77. The lowest BCUT2D eigenvalue weighted by Gasteiger charge is -2.32. The van der Waals surface area contributed by atoms with Crippen LogP contribution < -0.4 is 4.74 Å². The van der Waals surface area contributed by atoms with Crippen LogP contribution in [0.5, 0.6) is 5.75 Å². The summed E-state index contributed by atoms with van der Waals surface area (Å²) in [5, 5.41) is 4.52. The van der Waals surface area contributed by atoms with Crippen molar-refractivity contribution in [1.82, 2.24) is 14.7 Å². The largest absolute Gasteiger partial charge is 0.484 e. The third-order valence-corrected chi connectivity index (χ3v) is 4.68. The molecule has 1 amide bonds. The van der Waals surface area contributed by atoms with Gasteiger partial charge in [-0.2, -0.15) is 5.10 Å². The number of amides is 1.